The molecule has 0 aliphatic carbocycles. The van der Waals surface area contributed by atoms with E-state index >= 15 is 0 Å². The Kier molecular flexibility index (Phi) is 6.66. The number of hydrogen-bond donors (Lipinski definition) is 2. The van der Waals surface area contributed by atoms with E-state index in [-0.39, 0.29) is 17.2 Å². The van der Waals surface area contributed by atoms with E-state index in [2.05, 4.69) is 40.0 Å². The van der Waals surface area contributed by atoms with Crippen LogP contribution in [0.15, 0.2) is 69.8 Å². The molecule has 0 saturated carbocycles. The fraction of sp³-hybridized carbons (Fsp3) is 0.125. The van der Waals surface area contributed by atoms with E-state index < -0.39 is 17.5 Å². The lowest BCUT2D eigenvalue weighted by Gasteiger charge is -2.14. The molecule has 188 valence electrons. The van der Waals surface area contributed by atoms with Crippen LogP contribution in [0.3, 0.4) is 0 Å². The number of benzene rings is 2. The summed E-state index contributed by atoms with van der Waals surface area (Å²) < 4.78 is 10.8. The van der Waals surface area contributed by atoms with Gasteiger partial charge < -0.3 is 15.0 Å². The lowest BCUT2D eigenvalue weighted by molar-refractivity contribution is -0.117. The minimum Gasteiger partial charge on any atom is -0.495 e. The predicted octanol–water partition coefficient (Wildman–Crippen LogP) is 3.61. The third-order valence-corrected chi connectivity index (χ3v) is 6.12. The molecule has 0 aliphatic rings. The van der Waals surface area contributed by atoms with Crippen LogP contribution in [-0.2, 0) is 4.79 Å². The van der Waals surface area contributed by atoms with E-state index in [0.29, 0.717) is 33.3 Å². The minimum absolute atomic E-state index is 0.0406. The van der Waals surface area contributed by atoms with Gasteiger partial charge in [0.1, 0.15) is 29.0 Å². The SMILES string of the molecule is COc1ccccc1NC(=O)C(N=Nc1c(C#N)cnn1-c1nc(C)ns1)c1nc2ccccc2c(=O)[nH]1. The van der Waals surface area contributed by atoms with Gasteiger partial charge in [0.05, 0.1) is 29.9 Å². The Morgan fingerprint density at radius 2 is 2.00 bits per heavy atom. The van der Waals surface area contributed by atoms with Crippen LogP contribution in [0.5, 0.6) is 5.75 Å². The highest BCUT2D eigenvalue weighted by molar-refractivity contribution is 7.08. The molecule has 1 amide bonds. The molecule has 13 nitrogen and oxygen atoms in total. The van der Waals surface area contributed by atoms with Crippen LogP contribution in [0.4, 0.5) is 11.5 Å². The van der Waals surface area contributed by atoms with E-state index in [1.807, 2.05) is 6.07 Å². The summed E-state index contributed by atoms with van der Waals surface area (Å²) in [5.74, 6) is 0.304. The molecular formula is C24H18N10O3S. The maximum absolute atomic E-state index is 13.5. The fourth-order valence-corrected chi connectivity index (χ4v) is 4.19. The van der Waals surface area contributed by atoms with E-state index in [1.165, 1.54) is 18.0 Å². The number of fused-ring (bicyclic) bond motifs is 1. The molecule has 0 fully saturated rings. The van der Waals surface area contributed by atoms with Crippen molar-refractivity contribution in [3.63, 3.8) is 0 Å². The Morgan fingerprint density at radius 1 is 1.21 bits per heavy atom. The number of azo groups is 1. The van der Waals surface area contributed by atoms with Crippen LogP contribution < -0.4 is 15.6 Å². The number of aromatic amines is 1. The Balaban J connectivity index is 1.60. The van der Waals surface area contributed by atoms with Gasteiger partial charge in [0.25, 0.3) is 11.5 Å². The molecule has 0 bridgehead atoms. The number of nitriles is 1. The number of ether oxygens (including phenoxy) is 1. The lowest BCUT2D eigenvalue weighted by atomic mass is 10.2. The normalized spacial score (nSPS) is 11.9. The zero-order valence-electron chi connectivity index (χ0n) is 20.0. The number of anilines is 1. The van der Waals surface area contributed by atoms with Gasteiger partial charge in [0, 0.05) is 11.5 Å². The molecule has 5 aromatic rings. The van der Waals surface area contributed by atoms with Gasteiger partial charge in [-0.2, -0.15) is 24.5 Å². The van der Waals surface area contributed by atoms with Gasteiger partial charge in [0.15, 0.2) is 5.82 Å². The quantitative estimate of drug-likeness (QED) is 0.302. The summed E-state index contributed by atoms with van der Waals surface area (Å²) in [6, 6.07) is 14.1. The first-order valence-electron chi connectivity index (χ1n) is 11.1. The third-order valence-electron chi connectivity index (χ3n) is 5.33. The number of methoxy groups -OCH3 is 1. The summed E-state index contributed by atoms with van der Waals surface area (Å²) in [5, 5.41) is 25.7. The number of hydrogen-bond acceptors (Lipinski definition) is 11. The summed E-state index contributed by atoms with van der Waals surface area (Å²) in [5.41, 5.74) is 0.424. The number of para-hydroxylation sites is 3. The lowest BCUT2D eigenvalue weighted by Crippen LogP contribution is -2.24. The van der Waals surface area contributed by atoms with Gasteiger partial charge in [0.2, 0.25) is 11.2 Å². The van der Waals surface area contributed by atoms with Gasteiger partial charge in [-0.25, -0.2) is 9.97 Å². The molecule has 2 N–H and O–H groups in total. The highest BCUT2D eigenvalue weighted by Crippen LogP contribution is 2.28. The van der Waals surface area contributed by atoms with Gasteiger partial charge in [-0.15, -0.1) is 5.11 Å². The average molecular weight is 527 g/mol. The summed E-state index contributed by atoms with van der Waals surface area (Å²) in [6.07, 6.45) is 1.31. The number of nitrogens with zero attached hydrogens (tertiary/aromatic N) is 8. The van der Waals surface area contributed by atoms with Gasteiger partial charge in [-0.05, 0) is 31.2 Å². The molecule has 0 saturated heterocycles. The minimum atomic E-state index is -1.40. The number of aryl methyl sites for hydroxylation is 1. The molecule has 14 heteroatoms. The second-order valence-electron chi connectivity index (χ2n) is 7.81. The zero-order valence-corrected chi connectivity index (χ0v) is 20.8. The molecular weight excluding hydrogens is 508 g/mol. The van der Waals surface area contributed by atoms with Gasteiger partial charge in [-0.3, -0.25) is 9.59 Å². The standard InChI is InChI=1S/C24H18N10O3S/c1-13-27-24(38-33-13)34-21(14(11-25)12-26-34)32-31-19(23(36)29-17-9-5-6-10-18(17)37-2)20-28-16-8-4-3-7-15(16)22(35)30-20/h3-10,12,19H,1-2H3,(H,29,36)(H,28,30,35). The van der Waals surface area contributed by atoms with Crippen molar-refractivity contribution in [2.24, 2.45) is 10.2 Å². The monoisotopic (exact) mass is 526 g/mol. The summed E-state index contributed by atoms with van der Waals surface area (Å²) >= 11 is 1.06. The first-order valence-corrected chi connectivity index (χ1v) is 11.9. The first-order chi connectivity index (χ1) is 18.5. The smallest absolute Gasteiger partial charge is 0.259 e. The molecule has 1 unspecified atom stereocenters. The molecule has 3 aromatic heterocycles. The Hall–Kier alpha value is -5.29. The number of rotatable bonds is 7. The number of H-pyrrole nitrogens is 1. The van der Waals surface area contributed by atoms with Crippen molar-refractivity contribution in [1.82, 2.24) is 29.1 Å². The van der Waals surface area contributed by atoms with Crippen molar-refractivity contribution in [3.8, 4) is 17.0 Å². The second-order valence-corrected chi connectivity index (χ2v) is 8.54. The molecule has 3 heterocycles. The molecule has 38 heavy (non-hydrogen) atoms. The van der Waals surface area contributed by atoms with Crippen LogP contribution in [0.2, 0.25) is 0 Å². The van der Waals surface area contributed by atoms with Crippen molar-refractivity contribution < 1.29 is 9.53 Å². The van der Waals surface area contributed by atoms with E-state index in [9.17, 15) is 14.9 Å². The molecule has 0 radical (unpaired) electrons. The van der Waals surface area contributed by atoms with Gasteiger partial charge in [-0.1, -0.05) is 24.3 Å². The molecule has 1 atom stereocenters. The maximum atomic E-state index is 13.5. The van der Waals surface area contributed by atoms with Crippen LogP contribution in [0.25, 0.3) is 16.0 Å². The van der Waals surface area contributed by atoms with Crippen LogP contribution in [0.1, 0.15) is 23.3 Å². The summed E-state index contributed by atoms with van der Waals surface area (Å²) in [4.78, 5) is 37.6. The van der Waals surface area contributed by atoms with E-state index in [4.69, 9.17) is 4.74 Å². The average Bonchev–Trinajstić information content (AvgIpc) is 3.54. The van der Waals surface area contributed by atoms with Crippen molar-refractivity contribution in [3.05, 3.63) is 82.3 Å². The topological polar surface area (TPSA) is 176 Å². The summed E-state index contributed by atoms with van der Waals surface area (Å²) in [6.45, 7) is 1.72. The molecule has 0 spiro atoms. The van der Waals surface area contributed by atoms with Crippen LogP contribution in [-0.4, -0.2) is 42.1 Å². The van der Waals surface area contributed by atoms with Crippen molar-refractivity contribution in [2.75, 3.05) is 12.4 Å². The Labute approximate surface area is 218 Å². The van der Waals surface area contributed by atoms with Gasteiger partial charge >= 0.3 is 0 Å². The number of aromatic nitrogens is 6. The molecule has 5 rings (SSSR count). The van der Waals surface area contributed by atoms with E-state index in [1.54, 1.807) is 55.5 Å². The molecule has 2 aromatic carbocycles. The van der Waals surface area contributed by atoms with Crippen LogP contribution in [0, 0.1) is 18.3 Å². The highest BCUT2D eigenvalue weighted by atomic mass is 32.1. The highest BCUT2D eigenvalue weighted by Gasteiger charge is 2.26. The Morgan fingerprint density at radius 3 is 2.76 bits per heavy atom. The fourth-order valence-electron chi connectivity index (χ4n) is 3.56. The predicted molar refractivity (Wildman–Crippen MR) is 138 cm³/mol. The van der Waals surface area contributed by atoms with Crippen molar-refractivity contribution in [2.45, 2.75) is 13.0 Å². The Bertz CT molecular complexity index is 1780. The largest absolute Gasteiger partial charge is 0.495 e. The number of amides is 1. The summed E-state index contributed by atoms with van der Waals surface area (Å²) in [7, 11) is 1.48. The number of nitrogens with one attached hydrogen (secondary N) is 2. The van der Waals surface area contributed by atoms with Crippen LogP contribution >= 0.6 is 11.5 Å². The van der Waals surface area contributed by atoms with E-state index in [0.717, 1.165) is 11.5 Å². The maximum Gasteiger partial charge on any atom is 0.259 e. The number of carbonyl (C=O) groups is 1. The van der Waals surface area contributed by atoms with Crippen molar-refractivity contribution >= 4 is 39.8 Å². The zero-order chi connectivity index (χ0) is 26.6. The third kappa shape index (κ3) is 4.73. The van der Waals surface area contributed by atoms with Crippen molar-refractivity contribution in [1.29, 1.82) is 5.26 Å². The second kappa shape index (κ2) is 10.4. The first kappa shape index (κ1) is 24.4. The molecule has 0 aliphatic heterocycles. The number of carbonyl (C=O) groups excluding carboxylic acids is 1.